The van der Waals surface area contributed by atoms with Gasteiger partial charge in [-0.2, -0.15) is 9.29 Å². The molecule has 70 heavy (non-hydrogen) atoms. The van der Waals surface area contributed by atoms with E-state index in [9.17, 15) is 43.5 Å². The van der Waals surface area contributed by atoms with Crippen molar-refractivity contribution >= 4 is 33.4 Å². The van der Waals surface area contributed by atoms with Crippen LogP contribution in [0.5, 0.6) is 0 Å². The SMILES string of the molecule is CCCCC/C=C\C/C=C\CC1OC1C/C=C\CCCC(=O)OC[C@H](COP(=O)(O)OP(=O)(O)OC[C@H]1O[C@@H](n2ccc(N)nc2=O)[C@H](O)[C@@H]1O)OC(=O)CCCCCCCCCCCCCC(C)C. The average molecular weight is 1030 g/mol. The van der Waals surface area contributed by atoms with Gasteiger partial charge in [-0.15, -0.1) is 0 Å². The Kier molecular flexibility index (Phi) is 30.1. The van der Waals surface area contributed by atoms with Crippen molar-refractivity contribution in [1.29, 1.82) is 0 Å². The number of epoxide rings is 1. The Labute approximate surface area is 414 Å². The van der Waals surface area contributed by atoms with Crippen LogP contribution in [0, 0.1) is 5.92 Å². The van der Waals surface area contributed by atoms with Crippen LogP contribution < -0.4 is 11.4 Å². The van der Waals surface area contributed by atoms with E-state index in [0.29, 0.717) is 19.3 Å². The van der Waals surface area contributed by atoms with Crippen LogP contribution in [0.25, 0.3) is 0 Å². The van der Waals surface area contributed by atoms with E-state index in [1.807, 2.05) is 12.2 Å². The molecule has 3 heterocycles. The molecule has 0 spiro atoms. The van der Waals surface area contributed by atoms with Crippen LogP contribution in [0.15, 0.2) is 53.5 Å². The third-order valence-electron chi connectivity index (χ3n) is 11.8. The quantitative estimate of drug-likeness (QED) is 0.0135. The molecule has 1 aromatic heterocycles. The maximum atomic E-state index is 12.9. The Morgan fingerprint density at radius 1 is 0.743 bits per heavy atom. The summed E-state index contributed by atoms with van der Waals surface area (Å²) in [6, 6.07) is 1.24. The fourth-order valence-corrected chi connectivity index (χ4v) is 9.82. The van der Waals surface area contributed by atoms with E-state index in [-0.39, 0.29) is 30.9 Å². The Balaban J connectivity index is 1.41. The minimum atomic E-state index is -5.44. The second-order valence-electron chi connectivity index (χ2n) is 18.5. The molecule has 9 atom stereocenters. The highest BCUT2D eigenvalue weighted by atomic mass is 31.3. The molecule has 4 unspecified atom stereocenters. The second kappa shape index (κ2) is 34.4. The molecule has 0 radical (unpaired) electrons. The smallest absolute Gasteiger partial charge is 0.462 e. The summed E-state index contributed by atoms with van der Waals surface area (Å²) in [4.78, 5) is 61.9. The normalized spacial score (nSPS) is 22.5. The Morgan fingerprint density at radius 2 is 1.33 bits per heavy atom. The first-order chi connectivity index (χ1) is 33.5. The van der Waals surface area contributed by atoms with Gasteiger partial charge >= 0.3 is 33.3 Å². The number of anilines is 1. The number of ether oxygens (including phenoxy) is 4. The first-order valence-corrected chi connectivity index (χ1v) is 28.5. The predicted octanol–water partition coefficient (Wildman–Crippen LogP) is 9.23. The van der Waals surface area contributed by atoms with Crippen molar-refractivity contribution in [3.05, 3.63) is 59.2 Å². The molecule has 0 aliphatic carbocycles. The maximum absolute atomic E-state index is 12.9. The molecule has 2 fully saturated rings. The molecular weight excluding hydrogens is 948 g/mol. The largest absolute Gasteiger partial charge is 0.481 e. The summed E-state index contributed by atoms with van der Waals surface area (Å²) in [5.74, 6) is -0.613. The number of carbonyl (C=O) groups is 2. The Morgan fingerprint density at radius 3 is 1.99 bits per heavy atom. The molecule has 2 aliphatic rings. The number of unbranched alkanes of at least 4 members (excludes halogenated alkanes) is 14. The standard InChI is InChI=1S/C49H83N3O16P2/c1-4-5-6-7-8-12-16-19-24-29-40-41(66-40)30-25-21-22-26-31-44(53)62-35-39(65-45(54)32-27-20-17-14-11-9-10-13-15-18-23-28-38(2)3)36-63-69(58,59)68-70(60,61)64-37-42-46(55)47(56)48(67-42)52-34-33-43(50)51-49(52)57/h8,12,19,21,24-25,33-34,38-42,46-48,55-56H,4-7,9-11,13-18,20,22-23,26-32,35-37H2,1-3H3,(H,58,59)(H,60,61)(H2,50,51,57)/b12-8-,24-19-,25-21-/t39-,40?,41?,42-,46-,47-,48-/m1/s1. The first-order valence-electron chi connectivity index (χ1n) is 25.5. The summed E-state index contributed by atoms with van der Waals surface area (Å²) in [5, 5.41) is 20.9. The summed E-state index contributed by atoms with van der Waals surface area (Å²) >= 11 is 0. The van der Waals surface area contributed by atoms with Crippen molar-refractivity contribution in [3.8, 4) is 0 Å². The number of aliphatic hydroxyl groups is 2. The number of phosphoric acid groups is 2. The third-order valence-corrected chi connectivity index (χ3v) is 14.4. The highest BCUT2D eigenvalue weighted by Crippen LogP contribution is 2.60. The van der Waals surface area contributed by atoms with Gasteiger partial charge in [-0.1, -0.05) is 141 Å². The molecule has 1 aromatic rings. The lowest BCUT2D eigenvalue weighted by molar-refractivity contribution is -0.161. The van der Waals surface area contributed by atoms with Crippen molar-refractivity contribution in [1.82, 2.24) is 9.55 Å². The number of nitrogens with two attached hydrogens (primary N) is 1. The van der Waals surface area contributed by atoms with Crippen molar-refractivity contribution in [2.24, 2.45) is 5.92 Å². The molecule has 400 valence electrons. The zero-order valence-electron chi connectivity index (χ0n) is 41.7. The third kappa shape index (κ3) is 27.1. The minimum absolute atomic E-state index is 0.0362. The number of esters is 2. The number of aromatic nitrogens is 2. The molecular formula is C49H83N3O16P2. The van der Waals surface area contributed by atoms with Gasteiger partial charge in [0.25, 0.3) is 0 Å². The number of rotatable bonds is 40. The van der Waals surface area contributed by atoms with Crippen LogP contribution in [0.2, 0.25) is 0 Å². The number of carbonyl (C=O) groups excluding carboxylic acids is 2. The van der Waals surface area contributed by atoms with Crippen LogP contribution >= 0.6 is 15.6 Å². The zero-order chi connectivity index (χ0) is 51.2. The van der Waals surface area contributed by atoms with Gasteiger partial charge < -0.3 is 44.7 Å². The van der Waals surface area contributed by atoms with E-state index in [1.165, 1.54) is 70.3 Å². The van der Waals surface area contributed by atoms with Crippen molar-refractivity contribution in [2.45, 2.75) is 211 Å². The predicted molar refractivity (Wildman–Crippen MR) is 265 cm³/mol. The number of hydrogen-bond donors (Lipinski definition) is 5. The number of phosphoric ester groups is 2. The van der Waals surface area contributed by atoms with Gasteiger partial charge in [-0.3, -0.25) is 23.2 Å². The highest BCUT2D eigenvalue weighted by molar-refractivity contribution is 7.61. The van der Waals surface area contributed by atoms with Gasteiger partial charge in [-0.05, 0) is 63.4 Å². The average Bonchev–Trinajstić information content (AvgIpc) is 3.99. The topological polar surface area (TPSA) is 278 Å². The van der Waals surface area contributed by atoms with Crippen LogP contribution in [0.4, 0.5) is 5.82 Å². The van der Waals surface area contributed by atoms with Crippen LogP contribution in [0.3, 0.4) is 0 Å². The molecule has 21 heteroatoms. The van der Waals surface area contributed by atoms with E-state index in [4.69, 9.17) is 33.7 Å². The molecule has 0 aromatic carbocycles. The van der Waals surface area contributed by atoms with Crippen molar-refractivity contribution in [2.75, 3.05) is 25.6 Å². The molecule has 3 rings (SSSR count). The van der Waals surface area contributed by atoms with Gasteiger partial charge in [0.15, 0.2) is 12.3 Å². The molecule has 0 saturated carbocycles. The first kappa shape index (κ1) is 61.2. The highest BCUT2D eigenvalue weighted by Gasteiger charge is 2.46. The van der Waals surface area contributed by atoms with E-state index in [2.05, 4.69) is 54.4 Å². The van der Waals surface area contributed by atoms with E-state index in [0.717, 1.165) is 68.0 Å². The summed E-state index contributed by atoms with van der Waals surface area (Å²) in [6.45, 7) is 4.35. The van der Waals surface area contributed by atoms with E-state index < -0.39 is 83.7 Å². The van der Waals surface area contributed by atoms with Crippen molar-refractivity contribution < 1.29 is 71.0 Å². The number of aliphatic hydroxyl groups excluding tert-OH is 2. The molecule has 19 nitrogen and oxygen atoms in total. The summed E-state index contributed by atoms with van der Waals surface area (Å²) < 4.78 is 62.5. The molecule has 2 saturated heterocycles. The van der Waals surface area contributed by atoms with Gasteiger partial charge in [0.1, 0.15) is 30.7 Å². The number of nitrogens with zero attached hydrogens (tertiary/aromatic N) is 2. The fourth-order valence-electron chi connectivity index (χ4n) is 7.71. The molecule has 2 aliphatic heterocycles. The van der Waals surface area contributed by atoms with Gasteiger partial charge in [0, 0.05) is 19.0 Å². The molecule has 0 amide bonds. The summed E-state index contributed by atoms with van der Waals surface area (Å²) in [5.41, 5.74) is 4.58. The van der Waals surface area contributed by atoms with Gasteiger partial charge in [0.2, 0.25) is 0 Å². The van der Waals surface area contributed by atoms with Crippen LogP contribution in [0.1, 0.15) is 175 Å². The lowest BCUT2D eigenvalue weighted by Crippen LogP contribution is -2.36. The summed E-state index contributed by atoms with van der Waals surface area (Å²) in [6.07, 6.45) is 28.4. The number of nitrogen functional groups attached to an aromatic ring is 1. The fraction of sp³-hybridized carbons (Fsp3) is 0.755. The van der Waals surface area contributed by atoms with Gasteiger partial charge in [-0.25, -0.2) is 13.9 Å². The molecule has 6 N–H and O–H groups in total. The Hall–Kier alpha value is -3.06. The summed E-state index contributed by atoms with van der Waals surface area (Å²) in [7, 11) is -10.9. The maximum Gasteiger partial charge on any atom is 0.481 e. The van der Waals surface area contributed by atoms with E-state index >= 15 is 0 Å². The van der Waals surface area contributed by atoms with E-state index in [1.54, 1.807) is 0 Å². The number of allylic oxidation sites excluding steroid dienone is 4. The number of hydrogen-bond acceptors (Lipinski definition) is 16. The van der Waals surface area contributed by atoms with Crippen molar-refractivity contribution in [3.63, 3.8) is 0 Å². The second-order valence-corrected chi connectivity index (χ2v) is 21.6. The Bertz CT molecular complexity index is 1900. The van der Waals surface area contributed by atoms with Crippen LogP contribution in [-0.4, -0.2) is 97.9 Å². The molecule has 0 bridgehead atoms. The monoisotopic (exact) mass is 1030 g/mol. The zero-order valence-corrected chi connectivity index (χ0v) is 43.5. The van der Waals surface area contributed by atoms with Gasteiger partial charge in [0.05, 0.1) is 25.4 Å². The van der Waals surface area contributed by atoms with Crippen LogP contribution in [-0.2, 0) is 51.0 Å². The lowest BCUT2D eigenvalue weighted by Gasteiger charge is -2.21. The minimum Gasteiger partial charge on any atom is -0.462 e. The lowest BCUT2D eigenvalue weighted by atomic mass is 10.0.